The minimum Gasteiger partial charge on any atom is -0.482 e. The van der Waals surface area contributed by atoms with E-state index in [0.717, 1.165) is 4.47 Å². The molecule has 0 bridgehead atoms. The van der Waals surface area contributed by atoms with Crippen molar-refractivity contribution in [3.63, 3.8) is 0 Å². The first-order valence-corrected chi connectivity index (χ1v) is 7.57. The second-order valence-corrected chi connectivity index (χ2v) is 5.73. The van der Waals surface area contributed by atoms with Crippen molar-refractivity contribution in [1.29, 1.82) is 0 Å². The third kappa shape index (κ3) is 3.31. The Kier molecular flexibility index (Phi) is 4.24. The predicted molar refractivity (Wildman–Crippen MR) is 86.7 cm³/mol. The lowest BCUT2D eigenvalue weighted by Gasteiger charge is -2.19. The van der Waals surface area contributed by atoms with Gasteiger partial charge in [0.15, 0.2) is 11.6 Å². The van der Waals surface area contributed by atoms with Crippen molar-refractivity contribution in [3.05, 3.63) is 58.7 Å². The van der Waals surface area contributed by atoms with Gasteiger partial charge < -0.3 is 10.5 Å². The van der Waals surface area contributed by atoms with Crippen LogP contribution in [-0.4, -0.2) is 20.0 Å². The summed E-state index contributed by atoms with van der Waals surface area (Å²) in [5.74, 6) is 0.303. The van der Waals surface area contributed by atoms with Gasteiger partial charge in [-0.15, -0.1) is 0 Å². The Morgan fingerprint density at radius 3 is 2.74 bits per heavy atom. The average Bonchev–Trinajstić information content (AvgIpc) is 3.05. The monoisotopic (exact) mass is 377 g/mol. The summed E-state index contributed by atoms with van der Waals surface area (Å²) in [6, 6.07) is 6.06. The van der Waals surface area contributed by atoms with Crippen LogP contribution in [0.3, 0.4) is 0 Å². The fourth-order valence-electron chi connectivity index (χ4n) is 2.15. The summed E-state index contributed by atoms with van der Waals surface area (Å²) in [4.78, 5) is 5.43. The molecule has 8 heteroatoms. The normalized spacial score (nSPS) is 12.1. The maximum absolute atomic E-state index is 13.7. The van der Waals surface area contributed by atoms with Crippen molar-refractivity contribution < 1.29 is 9.13 Å². The van der Waals surface area contributed by atoms with Crippen LogP contribution in [0.25, 0.3) is 5.69 Å². The zero-order valence-electron chi connectivity index (χ0n) is 12.1. The highest BCUT2D eigenvalue weighted by molar-refractivity contribution is 9.10. The largest absolute Gasteiger partial charge is 0.482 e. The van der Waals surface area contributed by atoms with Gasteiger partial charge in [0.05, 0.1) is 18.1 Å². The highest BCUT2D eigenvalue weighted by Crippen LogP contribution is 2.30. The molecule has 0 fully saturated rings. The fraction of sp³-hybridized carbons (Fsp3) is 0.133. The number of anilines is 1. The molecule has 6 nitrogen and oxygen atoms in total. The van der Waals surface area contributed by atoms with Gasteiger partial charge in [0.2, 0.25) is 0 Å². The van der Waals surface area contributed by atoms with E-state index >= 15 is 0 Å². The number of nitrogens with zero attached hydrogens (tertiary/aromatic N) is 4. The standard InChI is InChI=1S/C15H13BrFN5O/c1-9(23-14-6-10(16)8-19-15(14)18)12-7-11(17)2-3-13(12)22-20-4-5-21-22/h2-9H,1H3,(H2,18,19)/t9-/m1/s1. The molecule has 1 aromatic carbocycles. The van der Waals surface area contributed by atoms with Crippen LogP contribution in [0.4, 0.5) is 10.2 Å². The molecule has 0 saturated heterocycles. The number of hydrogen-bond donors (Lipinski definition) is 1. The number of ether oxygens (including phenoxy) is 1. The van der Waals surface area contributed by atoms with Gasteiger partial charge in [-0.3, -0.25) is 0 Å². The first-order valence-electron chi connectivity index (χ1n) is 6.78. The Morgan fingerprint density at radius 2 is 2.00 bits per heavy atom. The van der Waals surface area contributed by atoms with Gasteiger partial charge in [-0.25, -0.2) is 9.37 Å². The van der Waals surface area contributed by atoms with Crippen LogP contribution in [0.5, 0.6) is 5.75 Å². The minimum absolute atomic E-state index is 0.259. The van der Waals surface area contributed by atoms with E-state index in [0.29, 0.717) is 17.0 Å². The van der Waals surface area contributed by atoms with E-state index in [1.165, 1.54) is 16.9 Å². The van der Waals surface area contributed by atoms with Crippen molar-refractivity contribution in [2.24, 2.45) is 0 Å². The quantitative estimate of drug-likeness (QED) is 0.754. The lowest BCUT2D eigenvalue weighted by atomic mass is 10.1. The third-order valence-corrected chi connectivity index (χ3v) is 3.65. The Morgan fingerprint density at radius 1 is 1.26 bits per heavy atom. The first-order chi connectivity index (χ1) is 11.0. The molecule has 2 N–H and O–H groups in total. The summed E-state index contributed by atoms with van der Waals surface area (Å²) < 4.78 is 20.3. The molecule has 3 aromatic rings. The van der Waals surface area contributed by atoms with E-state index in [4.69, 9.17) is 10.5 Å². The fourth-order valence-corrected chi connectivity index (χ4v) is 2.46. The van der Waals surface area contributed by atoms with E-state index in [1.54, 1.807) is 37.6 Å². The highest BCUT2D eigenvalue weighted by Gasteiger charge is 2.17. The van der Waals surface area contributed by atoms with Crippen LogP contribution in [0, 0.1) is 5.82 Å². The number of hydrogen-bond acceptors (Lipinski definition) is 5. The second kappa shape index (κ2) is 6.33. The Hall–Kier alpha value is -2.48. The summed E-state index contributed by atoms with van der Waals surface area (Å²) in [5.41, 5.74) is 7.05. The second-order valence-electron chi connectivity index (χ2n) is 4.82. The number of aromatic nitrogens is 4. The van der Waals surface area contributed by atoms with Gasteiger partial charge in [-0.2, -0.15) is 15.0 Å². The number of halogens is 2. The van der Waals surface area contributed by atoms with Crippen LogP contribution >= 0.6 is 15.9 Å². The van der Waals surface area contributed by atoms with Gasteiger partial charge in [0, 0.05) is 16.2 Å². The zero-order valence-corrected chi connectivity index (χ0v) is 13.7. The number of nitrogen functional groups attached to an aromatic ring is 1. The van der Waals surface area contributed by atoms with Crippen molar-refractivity contribution in [2.75, 3.05) is 5.73 Å². The van der Waals surface area contributed by atoms with Crippen LogP contribution in [0.2, 0.25) is 0 Å². The van der Waals surface area contributed by atoms with E-state index in [-0.39, 0.29) is 11.6 Å². The maximum atomic E-state index is 13.7. The summed E-state index contributed by atoms with van der Waals surface area (Å²) >= 11 is 3.32. The van der Waals surface area contributed by atoms with E-state index in [2.05, 4.69) is 31.1 Å². The molecular formula is C15H13BrFN5O. The predicted octanol–water partition coefficient (Wildman–Crippen LogP) is 3.29. The number of nitrogens with two attached hydrogens (primary N) is 1. The molecule has 0 spiro atoms. The van der Waals surface area contributed by atoms with E-state index in [9.17, 15) is 4.39 Å². The van der Waals surface area contributed by atoms with Crippen LogP contribution in [0.15, 0.2) is 47.3 Å². The topological polar surface area (TPSA) is 78.9 Å². The van der Waals surface area contributed by atoms with Gasteiger partial charge in [0.1, 0.15) is 11.9 Å². The zero-order chi connectivity index (χ0) is 16.4. The Labute approximate surface area is 140 Å². The maximum Gasteiger partial charge on any atom is 0.166 e. The molecule has 0 radical (unpaired) electrons. The molecule has 0 amide bonds. The lowest BCUT2D eigenvalue weighted by Crippen LogP contribution is -2.11. The summed E-state index contributed by atoms with van der Waals surface area (Å²) in [6.45, 7) is 1.79. The molecule has 23 heavy (non-hydrogen) atoms. The van der Waals surface area contributed by atoms with Crippen LogP contribution < -0.4 is 10.5 Å². The van der Waals surface area contributed by atoms with Crippen molar-refractivity contribution in [3.8, 4) is 11.4 Å². The highest BCUT2D eigenvalue weighted by atomic mass is 79.9. The van der Waals surface area contributed by atoms with Crippen LogP contribution in [0.1, 0.15) is 18.6 Å². The molecule has 3 rings (SSSR count). The SMILES string of the molecule is C[C@@H](Oc1cc(Br)cnc1N)c1cc(F)ccc1-n1nccn1. The number of pyridine rings is 1. The number of rotatable bonds is 4. The third-order valence-electron chi connectivity index (χ3n) is 3.21. The van der Waals surface area contributed by atoms with Crippen LogP contribution in [-0.2, 0) is 0 Å². The molecule has 2 aromatic heterocycles. The van der Waals surface area contributed by atoms with Crippen molar-refractivity contribution in [1.82, 2.24) is 20.0 Å². The Bertz CT molecular complexity index is 825. The van der Waals surface area contributed by atoms with E-state index in [1.807, 2.05) is 0 Å². The van der Waals surface area contributed by atoms with Crippen molar-refractivity contribution >= 4 is 21.7 Å². The molecule has 0 aliphatic heterocycles. The first kappa shape index (κ1) is 15.4. The van der Waals surface area contributed by atoms with Gasteiger partial charge in [-0.05, 0) is 47.1 Å². The average molecular weight is 378 g/mol. The minimum atomic E-state index is -0.481. The molecule has 0 aliphatic rings. The summed E-state index contributed by atoms with van der Waals surface area (Å²) in [7, 11) is 0. The molecule has 0 saturated carbocycles. The number of benzene rings is 1. The molecule has 0 unspecified atom stereocenters. The molecule has 0 aliphatic carbocycles. The smallest absolute Gasteiger partial charge is 0.166 e. The van der Waals surface area contributed by atoms with Gasteiger partial charge >= 0.3 is 0 Å². The molecule has 1 atom stereocenters. The molecule has 2 heterocycles. The lowest BCUT2D eigenvalue weighted by molar-refractivity contribution is 0.226. The van der Waals surface area contributed by atoms with Gasteiger partial charge in [-0.1, -0.05) is 0 Å². The molecule has 118 valence electrons. The summed E-state index contributed by atoms with van der Waals surface area (Å²) in [6.07, 6.45) is 4.20. The Balaban J connectivity index is 1.97. The van der Waals surface area contributed by atoms with Crippen molar-refractivity contribution in [2.45, 2.75) is 13.0 Å². The van der Waals surface area contributed by atoms with Gasteiger partial charge in [0.25, 0.3) is 0 Å². The summed E-state index contributed by atoms with van der Waals surface area (Å²) in [5, 5.41) is 8.16. The van der Waals surface area contributed by atoms with E-state index < -0.39 is 6.10 Å². The molecular weight excluding hydrogens is 365 g/mol.